The molecular formula is C21H23N3O3. The lowest BCUT2D eigenvalue weighted by atomic mass is 10.1. The minimum Gasteiger partial charge on any atom is -0.352 e. The molecule has 1 aromatic heterocycles. The second-order valence-corrected chi connectivity index (χ2v) is 7.33. The number of imide groups is 1. The zero-order chi connectivity index (χ0) is 19.1. The van der Waals surface area contributed by atoms with Crippen molar-refractivity contribution in [2.45, 2.75) is 45.7 Å². The van der Waals surface area contributed by atoms with Gasteiger partial charge in [-0.05, 0) is 50.5 Å². The van der Waals surface area contributed by atoms with Gasteiger partial charge in [-0.15, -0.1) is 0 Å². The highest BCUT2D eigenvalue weighted by Crippen LogP contribution is 2.38. The molecule has 0 spiro atoms. The number of carbonyl (C=O) groups is 3. The Morgan fingerprint density at radius 3 is 2.33 bits per heavy atom. The van der Waals surface area contributed by atoms with Gasteiger partial charge < -0.3 is 9.88 Å². The van der Waals surface area contributed by atoms with Gasteiger partial charge in [-0.2, -0.15) is 0 Å². The summed E-state index contributed by atoms with van der Waals surface area (Å²) in [4.78, 5) is 38.0. The van der Waals surface area contributed by atoms with E-state index in [2.05, 4.69) is 29.8 Å². The summed E-state index contributed by atoms with van der Waals surface area (Å²) in [5.74, 6) is -0.810. The van der Waals surface area contributed by atoms with E-state index in [4.69, 9.17) is 0 Å². The molecule has 0 radical (unpaired) electrons. The van der Waals surface area contributed by atoms with Crippen LogP contribution in [0.25, 0.3) is 0 Å². The van der Waals surface area contributed by atoms with E-state index in [0.29, 0.717) is 23.7 Å². The van der Waals surface area contributed by atoms with E-state index in [1.165, 1.54) is 24.2 Å². The molecule has 1 saturated carbocycles. The lowest BCUT2D eigenvalue weighted by Crippen LogP contribution is -2.34. The Kier molecular flexibility index (Phi) is 4.34. The Labute approximate surface area is 158 Å². The standard InChI is InChI=1S/C21H23N3O3/c1-13-11-15(14(2)24(13)16-7-8-16)12-22-19(25)9-10-23-20(26)17-5-3-4-6-18(17)21(23)27/h3-6,11,16H,7-10,12H2,1-2H3,(H,22,25). The number of nitrogens with one attached hydrogen (secondary N) is 1. The van der Waals surface area contributed by atoms with Crippen LogP contribution in [0, 0.1) is 13.8 Å². The molecule has 0 atom stereocenters. The van der Waals surface area contributed by atoms with E-state index in [-0.39, 0.29) is 30.7 Å². The lowest BCUT2D eigenvalue weighted by Gasteiger charge is -2.13. The molecule has 0 unspecified atom stereocenters. The maximum absolute atomic E-state index is 12.3. The van der Waals surface area contributed by atoms with E-state index in [9.17, 15) is 14.4 Å². The van der Waals surface area contributed by atoms with Gasteiger partial charge in [0.2, 0.25) is 5.91 Å². The zero-order valence-corrected chi connectivity index (χ0v) is 15.6. The second-order valence-electron chi connectivity index (χ2n) is 7.33. The third kappa shape index (κ3) is 3.16. The van der Waals surface area contributed by atoms with Crippen molar-refractivity contribution in [1.82, 2.24) is 14.8 Å². The van der Waals surface area contributed by atoms with Crippen LogP contribution in [0.3, 0.4) is 0 Å². The Hall–Kier alpha value is -2.89. The zero-order valence-electron chi connectivity index (χ0n) is 15.6. The first-order chi connectivity index (χ1) is 13.0. The van der Waals surface area contributed by atoms with Crippen LogP contribution >= 0.6 is 0 Å². The maximum Gasteiger partial charge on any atom is 0.261 e. The molecule has 6 heteroatoms. The van der Waals surface area contributed by atoms with Crippen LogP contribution in [0.1, 0.15) is 63.0 Å². The SMILES string of the molecule is Cc1cc(CNC(=O)CCN2C(=O)c3ccccc3C2=O)c(C)n1C1CC1. The normalized spacial score (nSPS) is 16.0. The van der Waals surface area contributed by atoms with Crippen LogP contribution in [-0.2, 0) is 11.3 Å². The number of aryl methyl sites for hydroxylation is 1. The topological polar surface area (TPSA) is 71.4 Å². The van der Waals surface area contributed by atoms with Gasteiger partial charge in [0.05, 0.1) is 11.1 Å². The summed E-state index contributed by atoms with van der Waals surface area (Å²) in [5, 5.41) is 2.91. The molecule has 1 aliphatic heterocycles. The van der Waals surface area contributed by atoms with Gasteiger partial charge in [0.1, 0.15) is 0 Å². The summed E-state index contributed by atoms with van der Waals surface area (Å²) in [5.41, 5.74) is 4.38. The van der Waals surface area contributed by atoms with E-state index in [1.807, 2.05) is 0 Å². The Balaban J connectivity index is 1.33. The van der Waals surface area contributed by atoms with Crippen LogP contribution in [0.15, 0.2) is 30.3 Å². The molecule has 1 aliphatic carbocycles. The first-order valence-electron chi connectivity index (χ1n) is 9.36. The molecule has 2 heterocycles. The van der Waals surface area contributed by atoms with Crippen molar-refractivity contribution in [2.75, 3.05) is 6.54 Å². The smallest absolute Gasteiger partial charge is 0.261 e. The highest BCUT2D eigenvalue weighted by atomic mass is 16.2. The fourth-order valence-electron chi connectivity index (χ4n) is 3.86. The van der Waals surface area contributed by atoms with Crippen molar-refractivity contribution in [3.05, 3.63) is 58.4 Å². The monoisotopic (exact) mass is 365 g/mol. The fourth-order valence-corrected chi connectivity index (χ4v) is 3.86. The van der Waals surface area contributed by atoms with Crippen molar-refractivity contribution in [1.29, 1.82) is 0 Å². The van der Waals surface area contributed by atoms with Crippen LogP contribution < -0.4 is 5.32 Å². The first-order valence-corrected chi connectivity index (χ1v) is 9.36. The number of amides is 3. The summed E-state index contributed by atoms with van der Waals surface area (Å²) >= 11 is 0. The highest BCUT2D eigenvalue weighted by Gasteiger charge is 2.35. The van der Waals surface area contributed by atoms with Gasteiger partial charge in [-0.1, -0.05) is 12.1 Å². The largest absolute Gasteiger partial charge is 0.352 e. The fraction of sp³-hybridized carbons (Fsp3) is 0.381. The average molecular weight is 365 g/mol. The Morgan fingerprint density at radius 2 is 1.74 bits per heavy atom. The van der Waals surface area contributed by atoms with Gasteiger partial charge in [-0.25, -0.2) is 0 Å². The number of carbonyl (C=O) groups excluding carboxylic acids is 3. The van der Waals surface area contributed by atoms with E-state index >= 15 is 0 Å². The van der Waals surface area contributed by atoms with Crippen molar-refractivity contribution in [3.63, 3.8) is 0 Å². The number of nitrogens with zero attached hydrogens (tertiary/aromatic N) is 2. The molecule has 1 N–H and O–H groups in total. The summed E-state index contributed by atoms with van der Waals surface area (Å²) in [6.07, 6.45) is 2.55. The molecule has 0 saturated heterocycles. The molecule has 1 fully saturated rings. The molecule has 140 valence electrons. The number of hydrogen-bond acceptors (Lipinski definition) is 3. The third-order valence-electron chi connectivity index (χ3n) is 5.42. The summed E-state index contributed by atoms with van der Waals surface area (Å²) in [7, 11) is 0. The molecular weight excluding hydrogens is 342 g/mol. The van der Waals surface area contributed by atoms with Crippen molar-refractivity contribution >= 4 is 17.7 Å². The third-order valence-corrected chi connectivity index (χ3v) is 5.42. The van der Waals surface area contributed by atoms with Crippen molar-refractivity contribution in [3.8, 4) is 0 Å². The van der Waals surface area contributed by atoms with Crippen molar-refractivity contribution in [2.24, 2.45) is 0 Å². The van der Waals surface area contributed by atoms with Crippen molar-refractivity contribution < 1.29 is 14.4 Å². The van der Waals surface area contributed by atoms with Crippen LogP contribution in [0.4, 0.5) is 0 Å². The molecule has 3 amide bonds. The number of rotatable bonds is 6. The van der Waals surface area contributed by atoms with E-state index < -0.39 is 0 Å². The Bertz CT molecular complexity index is 905. The highest BCUT2D eigenvalue weighted by molar-refractivity contribution is 6.21. The van der Waals surface area contributed by atoms with Crippen LogP contribution in [-0.4, -0.2) is 33.7 Å². The average Bonchev–Trinajstić information content (AvgIpc) is 3.40. The predicted molar refractivity (Wildman–Crippen MR) is 100 cm³/mol. The summed E-state index contributed by atoms with van der Waals surface area (Å²) < 4.78 is 2.35. The lowest BCUT2D eigenvalue weighted by molar-refractivity contribution is -0.121. The van der Waals surface area contributed by atoms with Gasteiger partial charge >= 0.3 is 0 Å². The summed E-state index contributed by atoms with van der Waals surface area (Å²) in [6.45, 7) is 4.75. The molecule has 27 heavy (non-hydrogen) atoms. The maximum atomic E-state index is 12.3. The van der Waals surface area contributed by atoms with E-state index in [0.717, 1.165) is 10.5 Å². The van der Waals surface area contributed by atoms with Gasteiger partial charge in [0.15, 0.2) is 0 Å². The molecule has 4 rings (SSSR count). The molecule has 1 aromatic carbocycles. The summed E-state index contributed by atoms with van der Waals surface area (Å²) in [6, 6.07) is 9.49. The molecule has 0 bridgehead atoms. The van der Waals surface area contributed by atoms with Gasteiger partial charge in [-0.3, -0.25) is 19.3 Å². The van der Waals surface area contributed by atoms with Gasteiger partial charge in [0.25, 0.3) is 11.8 Å². The number of hydrogen-bond donors (Lipinski definition) is 1. The molecule has 2 aromatic rings. The molecule has 2 aliphatic rings. The number of aromatic nitrogens is 1. The quantitative estimate of drug-likeness (QED) is 0.800. The Morgan fingerprint density at radius 1 is 1.11 bits per heavy atom. The number of fused-ring (bicyclic) bond motifs is 1. The van der Waals surface area contributed by atoms with E-state index in [1.54, 1.807) is 24.3 Å². The minimum atomic E-state index is -0.323. The first kappa shape index (κ1) is 17.5. The van der Waals surface area contributed by atoms with Crippen LogP contribution in [0.5, 0.6) is 0 Å². The van der Waals surface area contributed by atoms with Crippen LogP contribution in [0.2, 0.25) is 0 Å². The predicted octanol–water partition coefficient (Wildman–Crippen LogP) is 2.74. The molecule has 6 nitrogen and oxygen atoms in total. The second kappa shape index (κ2) is 6.68. The van der Waals surface area contributed by atoms with Gasteiger partial charge in [0, 0.05) is 36.9 Å². The number of benzene rings is 1. The minimum absolute atomic E-state index is 0.0965.